The Labute approximate surface area is 136 Å². The Morgan fingerprint density at radius 3 is 2.96 bits per heavy atom. The van der Waals surface area contributed by atoms with Gasteiger partial charge in [0.15, 0.2) is 0 Å². The Hall–Kier alpha value is -2.43. The molecule has 0 saturated carbocycles. The number of rotatable bonds is 3. The summed E-state index contributed by atoms with van der Waals surface area (Å²) in [5, 5.41) is 2.89. The van der Waals surface area contributed by atoms with Gasteiger partial charge in [0, 0.05) is 24.8 Å². The van der Waals surface area contributed by atoms with Crippen LogP contribution in [-0.4, -0.2) is 29.0 Å². The highest BCUT2D eigenvalue weighted by atomic mass is 16.1. The molecule has 0 spiro atoms. The van der Waals surface area contributed by atoms with Crippen molar-refractivity contribution in [2.75, 3.05) is 23.3 Å². The van der Waals surface area contributed by atoms with Crippen molar-refractivity contribution in [2.45, 2.75) is 26.7 Å². The summed E-state index contributed by atoms with van der Waals surface area (Å²) in [5.41, 5.74) is 2.28. The molecule has 2 heterocycles. The number of nitrogens with one attached hydrogen (secondary N) is 1. The number of aryl methyl sites for hydroxylation is 1. The third kappa shape index (κ3) is 3.86. The number of carbonyl (C=O) groups excluding carboxylic acids is 1. The fraction of sp³-hybridized carbons (Fsp3) is 0.389. The van der Waals surface area contributed by atoms with E-state index >= 15 is 0 Å². The molecule has 1 aromatic heterocycles. The number of carbonyl (C=O) groups is 1. The van der Waals surface area contributed by atoms with Gasteiger partial charge in [-0.2, -0.15) is 0 Å². The molecule has 5 heteroatoms. The highest BCUT2D eigenvalue weighted by Gasteiger charge is 2.19. The largest absolute Gasteiger partial charge is 0.356 e. The first-order chi connectivity index (χ1) is 11.1. The lowest BCUT2D eigenvalue weighted by molar-refractivity contribution is 0.102. The van der Waals surface area contributed by atoms with Crippen molar-refractivity contribution in [1.29, 1.82) is 0 Å². The molecule has 1 aromatic carbocycles. The number of nitrogens with zero attached hydrogens (tertiary/aromatic N) is 3. The molecule has 1 N–H and O–H groups in total. The highest BCUT2D eigenvalue weighted by Crippen LogP contribution is 2.21. The van der Waals surface area contributed by atoms with E-state index in [0.29, 0.717) is 11.6 Å². The van der Waals surface area contributed by atoms with Gasteiger partial charge in [-0.05, 0) is 43.4 Å². The maximum Gasteiger partial charge on any atom is 0.274 e. The van der Waals surface area contributed by atoms with E-state index < -0.39 is 0 Å². The summed E-state index contributed by atoms with van der Waals surface area (Å²) in [6, 6.07) is 9.51. The number of hydrogen-bond acceptors (Lipinski definition) is 4. The molecule has 1 unspecified atom stereocenters. The number of aromatic nitrogens is 2. The van der Waals surface area contributed by atoms with Gasteiger partial charge >= 0.3 is 0 Å². The zero-order valence-electron chi connectivity index (χ0n) is 13.6. The summed E-state index contributed by atoms with van der Waals surface area (Å²) in [5.74, 6) is 1.29. The van der Waals surface area contributed by atoms with Gasteiger partial charge in [0.05, 0.1) is 0 Å². The smallest absolute Gasteiger partial charge is 0.274 e. The molecular weight excluding hydrogens is 288 g/mol. The summed E-state index contributed by atoms with van der Waals surface area (Å²) in [4.78, 5) is 23.1. The molecule has 5 nitrogen and oxygen atoms in total. The molecule has 120 valence electrons. The van der Waals surface area contributed by atoms with Crippen molar-refractivity contribution in [2.24, 2.45) is 5.92 Å². The van der Waals surface area contributed by atoms with Crippen molar-refractivity contribution in [3.8, 4) is 0 Å². The van der Waals surface area contributed by atoms with Gasteiger partial charge in [-0.3, -0.25) is 4.79 Å². The summed E-state index contributed by atoms with van der Waals surface area (Å²) < 4.78 is 0. The van der Waals surface area contributed by atoms with Crippen LogP contribution in [0.4, 0.5) is 11.5 Å². The number of benzene rings is 1. The van der Waals surface area contributed by atoms with Gasteiger partial charge in [-0.15, -0.1) is 0 Å². The monoisotopic (exact) mass is 310 g/mol. The first-order valence-corrected chi connectivity index (χ1v) is 8.07. The van der Waals surface area contributed by atoms with Crippen LogP contribution in [0.1, 0.15) is 35.8 Å². The quantitative estimate of drug-likeness (QED) is 0.945. The first kappa shape index (κ1) is 15.5. The van der Waals surface area contributed by atoms with Gasteiger partial charge in [0.25, 0.3) is 5.91 Å². The van der Waals surface area contributed by atoms with Gasteiger partial charge < -0.3 is 10.2 Å². The molecule has 1 aliphatic heterocycles. The zero-order valence-corrected chi connectivity index (χ0v) is 13.6. The normalized spacial score (nSPS) is 17.8. The molecule has 2 aromatic rings. The van der Waals surface area contributed by atoms with Crippen LogP contribution in [0.15, 0.2) is 36.7 Å². The Morgan fingerprint density at radius 2 is 2.17 bits per heavy atom. The Balaban J connectivity index is 1.75. The van der Waals surface area contributed by atoms with E-state index in [0.717, 1.165) is 36.6 Å². The standard InChI is InChI=1S/C18H22N4O/c1-13-5-3-7-15(9-13)21-18(23)16-10-17(20-12-19-16)22-8-4-6-14(2)11-22/h3,5,7,9-10,12,14H,4,6,8,11H2,1-2H3,(H,21,23). The second-order valence-corrected chi connectivity index (χ2v) is 6.28. The predicted octanol–water partition coefficient (Wildman–Crippen LogP) is 3.27. The van der Waals surface area contributed by atoms with Crippen LogP contribution in [0.5, 0.6) is 0 Å². The van der Waals surface area contributed by atoms with Crippen molar-refractivity contribution in [3.05, 3.63) is 47.9 Å². The van der Waals surface area contributed by atoms with Crippen molar-refractivity contribution in [3.63, 3.8) is 0 Å². The lowest BCUT2D eigenvalue weighted by Gasteiger charge is -2.31. The molecule has 0 aliphatic carbocycles. The van der Waals surface area contributed by atoms with E-state index in [1.165, 1.54) is 12.7 Å². The van der Waals surface area contributed by atoms with Crippen LogP contribution >= 0.6 is 0 Å². The summed E-state index contributed by atoms with van der Waals surface area (Å²) >= 11 is 0. The maximum atomic E-state index is 12.4. The zero-order chi connectivity index (χ0) is 16.2. The molecule has 1 fully saturated rings. The van der Waals surface area contributed by atoms with Gasteiger partial charge in [-0.25, -0.2) is 9.97 Å². The van der Waals surface area contributed by atoms with E-state index in [-0.39, 0.29) is 5.91 Å². The van der Waals surface area contributed by atoms with E-state index in [1.807, 2.05) is 31.2 Å². The van der Waals surface area contributed by atoms with E-state index in [4.69, 9.17) is 0 Å². The average molecular weight is 310 g/mol. The van der Waals surface area contributed by atoms with E-state index in [9.17, 15) is 4.79 Å². The van der Waals surface area contributed by atoms with Gasteiger partial charge in [0.2, 0.25) is 0 Å². The van der Waals surface area contributed by atoms with Crippen LogP contribution in [0, 0.1) is 12.8 Å². The average Bonchev–Trinajstić information content (AvgIpc) is 2.55. The van der Waals surface area contributed by atoms with Gasteiger partial charge in [-0.1, -0.05) is 19.1 Å². The molecule has 1 amide bonds. The van der Waals surface area contributed by atoms with E-state index in [1.54, 1.807) is 6.07 Å². The first-order valence-electron chi connectivity index (χ1n) is 8.07. The predicted molar refractivity (Wildman–Crippen MR) is 91.8 cm³/mol. The molecule has 1 saturated heterocycles. The van der Waals surface area contributed by atoms with Crippen molar-refractivity contribution >= 4 is 17.4 Å². The maximum absolute atomic E-state index is 12.4. The van der Waals surface area contributed by atoms with Crippen LogP contribution < -0.4 is 10.2 Å². The number of hydrogen-bond donors (Lipinski definition) is 1. The lowest BCUT2D eigenvalue weighted by Crippen LogP contribution is -2.35. The number of anilines is 2. The Kier molecular flexibility index (Phi) is 4.55. The minimum Gasteiger partial charge on any atom is -0.356 e. The molecule has 3 rings (SSSR count). The second kappa shape index (κ2) is 6.77. The Morgan fingerprint density at radius 1 is 1.30 bits per heavy atom. The van der Waals surface area contributed by atoms with Crippen LogP contribution in [0.2, 0.25) is 0 Å². The minimum atomic E-state index is -0.204. The molecule has 1 atom stereocenters. The second-order valence-electron chi connectivity index (χ2n) is 6.28. The highest BCUT2D eigenvalue weighted by molar-refractivity contribution is 6.03. The summed E-state index contributed by atoms with van der Waals surface area (Å²) in [7, 11) is 0. The number of amides is 1. The SMILES string of the molecule is Cc1cccc(NC(=O)c2cc(N3CCCC(C)C3)ncn2)c1. The third-order valence-electron chi connectivity index (χ3n) is 4.14. The molecule has 0 radical (unpaired) electrons. The lowest BCUT2D eigenvalue weighted by atomic mass is 10.0. The molecular formula is C18H22N4O. The van der Waals surface area contributed by atoms with Crippen molar-refractivity contribution in [1.82, 2.24) is 9.97 Å². The summed E-state index contributed by atoms with van der Waals surface area (Å²) in [6.45, 7) is 6.21. The fourth-order valence-corrected chi connectivity index (χ4v) is 2.96. The third-order valence-corrected chi connectivity index (χ3v) is 4.14. The molecule has 0 bridgehead atoms. The topological polar surface area (TPSA) is 58.1 Å². The number of piperidine rings is 1. The molecule has 23 heavy (non-hydrogen) atoms. The Bertz CT molecular complexity index is 701. The minimum absolute atomic E-state index is 0.204. The van der Waals surface area contributed by atoms with Crippen molar-refractivity contribution < 1.29 is 4.79 Å². The van der Waals surface area contributed by atoms with Gasteiger partial charge in [0.1, 0.15) is 17.8 Å². The molecule has 1 aliphatic rings. The fourth-order valence-electron chi connectivity index (χ4n) is 2.96. The summed E-state index contributed by atoms with van der Waals surface area (Å²) in [6.07, 6.45) is 3.89. The van der Waals surface area contributed by atoms with Crippen LogP contribution in [-0.2, 0) is 0 Å². The van der Waals surface area contributed by atoms with E-state index in [2.05, 4.69) is 27.1 Å². The van der Waals surface area contributed by atoms with Crippen LogP contribution in [0.25, 0.3) is 0 Å². The van der Waals surface area contributed by atoms with Crippen LogP contribution in [0.3, 0.4) is 0 Å².